The van der Waals surface area contributed by atoms with E-state index in [0.717, 1.165) is 38.7 Å². The molecular formula is C22H22N4O2S2. The van der Waals surface area contributed by atoms with E-state index in [1.807, 2.05) is 62.4 Å². The molecule has 0 saturated heterocycles. The molecule has 2 N–H and O–H groups in total. The molecule has 2 aromatic carbocycles. The summed E-state index contributed by atoms with van der Waals surface area (Å²) in [7, 11) is 1.64. The molecule has 2 heterocycles. The van der Waals surface area contributed by atoms with Crippen molar-refractivity contribution in [1.82, 2.24) is 15.0 Å². The van der Waals surface area contributed by atoms with E-state index in [4.69, 9.17) is 4.74 Å². The van der Waals surface area contributed by atoms with Gasteiger partial charge in [0.25, 0.3) is 0 Å². The highest BCUT2D eigenvalue weighted by atomic mass is 32.2. The quantitative estimate of drug-likeness (QED) is 0.402. The highest BCUT2D eigenvalue weighted by molar-refractivity contribution is 8.00. The zero-order valence-corrected chi connectivity index (χ0v) is 18.6. The van der Waals surface area contributed by atoms with Crippen LogP contribution in [0.2, 0.25) is 0 Å². The summed E-state index contributed by atoms with van der Waals surface area (Å²) in [5.74, 6) is 1.93. The molecule has 30 heavy (non-hydrogen) atoms. The normalized spacial score (nSPS) is 12.1. The number of methoxy groups -OCH3 is 1. The summed E-state index contributed by atoms with van der Waals surface area (Å²) in [5.41, 5.74) is 3.82. The number of anilines is 1. The summed E-state index contributed by atoms with van der Waals surface area (Å²) in [6.07, 6.45) is 0. The third-order valence-electron chi connectivity index (χ3n) is 4.66. The van der Waals surface area contributed by atoms with Gasteiger partial charge in [0, 0.05) is 10.4 Å². The summed E-state index contributed by atoms with van der Waals surface area (Å²) in [6.45, 7) is 4.05. The lowest BCUT2D eigenvalue weighted by Crippen LogP contribution is -2.14. The molecule has 2 aromatic heterocycles. The average Bonchev–Trinajstić information content (AvgIpc) is 3.35. The van der Waals surface area contributed by atoms with Crippen LogP contribution >= 0.6 is 23.1 Å². The smallest absolute Gasteiger partial charge is 0.236 e. The maximum atomic E-state index is 12.4. The van der Waals surface area contributed by atoms with Gasteiger partial charge in [-0.1, -0.05) is 12.1 Å². The number of carbonyl (C=O) groups is 1. The Labute approximate surface area is 183 Å². The molecule has 0 aliphatic rings. The first-order valence-electron chi connectivity index (χ1n) is 9.51. The lowest BCUT2D eigenvalue weighted by Gasteiger charge is -2.07. The predicted molar refractivity (Wildman–Crippen MR) is 124 cm³/mol. The van der Waals surface area contributed by atoms with Crippen molar-refractivity contribution in [1.29, 1.82) is 0 Å². The largest absolute Gasteiger partial charge is 0.497 e. The van der Waals surface area contributed by atoms with Crippen molar-refractivity contribution in [2.75, 3.05) is 18.2 Å². The molecule has 8 heteroatoms. The van der Waals surface area contributed by atoms with Crippen molar-refractivity contribution in [3.63, 3.8) is 0 Å². The van der Waals surface area contributed by atoms with Crippen LogP contribution in [0.15, 0.2) is 48.5 Å². The maximum Gasteiger partial charge on any atom is 0.236 e. The van der Waals surface area contributed by atoms with Crippen LogP contribution in [0.5, 0.6) is 5.75 Å². The number of carbonyl (C=O) groups excluding carboxylic acids is 1. The Bertz CT molecular complexity index is 1130. The van der Waals surface area contributed by atoms with Crippen LogP contribution in [0.25, 0.3) is 22.3 Å². The molecule has 0 fully saturated rings. The number of thiazole rings is 1. The Morgan fingerprint density at radius 1 is 1.20 bits per heavy atom. The number of benzene rings is 2. The molecule has 1 amide bonds. The number of aromatic amines is 1. The zero-order valence-electron chi connectivity index (χ0n) is 16.9. The molecule has 154 valence electrons. The molecule has 0 spiro atoms. The number of para-hydroxylation sites is 2. The standard InChI is InChI=1S/C22H22N4O2S2/c1-13-20(15-8-10-16(28-3)11-9-15)26-22(30-13)25-19(27)12-29-14(2)21-23-17-6-4-5-7-18(17)24-21/h4-11,14H,12H2,1-3H3,(H,23,24)(H,25,26,27). The van der Waals surface area contributed by atoms with E-state index in [1.54, 1.807) is 18.9 Å². The molecule has 0 aliphatic carbocycles. The van der Waals surface area contributed by atoms with Gasteiger partial charge in [-0.3, -0.25) is 4.79 Å². The van der Waals surface area contributed by atoms with Gasteiger partial charge < -0.3 is 15.0 Å². The third kappa shape index (κ3) is 4.49. The van der Waals surface area contributed by atoms with Crippen molar-refractivity contribution in [2.24, 2.45) is 0 Å². The monoisotopic (exact) mass is 438 g/mol. The Hall–Kier alpha value is -2.84. The number of H-pyrrole nitrogens is 1. The Morgan fingerprint density at radius 2 is 1.97 bits per heavy atom. The van der Waals surface area contributed by atoms with Gasteiger partial charge in [-0.25, -0.2) is 9.97 Å². The minimum absolute atomic E-state index is 0.0713. The van der Waals surface area contributed by atoms with Crippen LogP contribution in [-0.2, 0) is 4.79 Å². The van der Waals surface area contributed by atoms with E-state index in [1.165, 1.54) is 11.3 Å². The van der Waals surface area contributed by atoms with Gasteiger partial charge in [0.2, 0.25) is 5.91 Å². The predicted octanol–water partition coefficient (Wildman–Crippen LogP) is 5.44. The minimum atomic E-state index is -0.0713. The molecule has 0 radical (unpaired) electrons. The second-order valence-electron chi connectivity index (χ2n) is 6.79. The number of imidazole rings is 1. The van der Waals surface area contributed by atoms with Crippen molar-refractivity contribution in [2.45, 2.75) is 19.1 Å². The summed E-state index contributed by atoms with van der Waals surface area (Å²) in [6, 6.07) is 15.7. The summed E-state index contributed by atoms with van der Waals surface area (Å²) >= 11 is 3.02. The van der Waals surface area contributed by atoms with Crippen molar-refractivity contribution >= 4 is 45.2 Å². The molecule has 1 atom stereocenters. The van der Waals surface area contributed by atoms with Crippen LogP contribution < -0.4 is 10.1 Å². The second-order valence-corrected chi connectivity index (χ2v) is 9.33. The highest BCUT2D eigenvalue weighted by Gasteiger charge is 2.16. The number of hydrogen-bond acceptors (Lipinski definition) is 6. The topological polar surface area (TPSA) is 79.9 Å². The minimum Gasteiger partial charge on any atom is -0.497 e. The Kier molecular flexibility index (Phi) is 6.06. The number of hydrogen-bond donors (Lipinski definition) is 2. The second kappa shape index (κ2) is 8.89. The molecule has 4 aromatic rings. The molecule has 6 nitrogen and oxygen atoms in total. The number of fused-ring (bicyclic) bond motifs is 1. The van der Waals surface area contributed by atoms with E-state index in [0.29, 0.717) is 10.9 Å². The van der Waals surface area contributed by atoms with Crippen LogP contribution in [0, 0.1) is 6.92 Å². The van der Waals surface area contributed by atoms with E-state index < -0.39 is 0 Å². The maximum absolute atomic E-state index is 12.4. The zero-order chi connectivity index (χ0) is 21.1. The van der Waals surface area contributed by atoms with Gasteiger partial charge in [0.15, 0.2) is 5.13 Å². The SMILES string of the molecule is COc1ccc(-c2nc(NC(=O)CSC(C)c3nc4ccccc4[nH]3)sc2C)cc1. The number of ether oxygens (including phenoxy) is 1. The molecule has 0 bridgehead atoms. The number of aryl methyl sites for hydroxylation is 1. The fourth-order valence-electron chi connectivity index (χ4n) is 3.07. The van der Waals surface area contributed by atoms with E-state index >= 15 is 0 Å². The van der Waals surface area contributed by atoms with Gasteiger partial charge in [0.1, 0.15) is 11.6 Å². The molecule has 1 unspecified atom stereocenters. The molecule has 0 saturated carbocycles. The fourth-order valence-corrected chi connectivity index (χ4v) is 4.66. The Morgan fingerprint density at radius 3 is 2.70 bits per heavy atom. The van der Waals surface area contributed by atoms with Crippen LogP contribution in [0.4, 0.5) is 5.13 Å². The molecular weight excluding hydrogens is 416 g/mol. The summed E-state index contributed by atoms with van der Waals surface area (Å²) in [4.78, 5) is 26.0. The van der Waals surface area contributed by atoms with Gasteiger partial charge in [-0.05, 0) is 50.2 Å². The average molecular weight is 439 g/mol. The van der Waals surface area contributed by atoms with Gasteiger partial charge in [-0.2, -0.15) is 0 Å². The van der Waals surface area contributed by atoms with Crippen LogP contribution in [0.1, 0.15) is 22.9 Å². The number of aromatic nitrogens is 3. The first-order valence-corrected chi connectivity index (χ1v) is 11.4. The van der Waals surface area contributed by atoms with E-state index in [9.17, 15) is 4.79 Å². The van der Waals surface area contributed by atoms with Gasteiger partial charge >= 0.3 is 0 Å². The lowest BCUT2D eigenvalue weighted by atomic mass is 10.1. The Balaban J connectivity index is 1.36. The van der Waals surface area contributed by atoms with Crippen LogP contribution in [-0.4, -0.2) is 33.7 Å². The number of thioether (sulfide) groups is 1. The lowest BCUT2D eigenvalue weighted by molar-refractivity contribution is -0.113. The summed E-state index contributed by atoms with van der Waals surface area (Å²) < 4.78 is 5.20. The molecule has 4 rings (SSSR count). The number of amides is 1. The molecule has 0 aliphatic heterocycles. The number of nitrogens with zero attached hydrogens (tertiary/aromatic N) is 2. The van der Waals surface area contributed by atoms with Gasteiger partial charge in [0.05, 0.1) is 34.8 Å². The number of nitrogens with one attached hydrogen (secondary N) is 2. The first-order chi connectivity index (χ1) is 14.5. The fraction of sp³-hybridized carbons (Fsp3) is 0.227. The van der Waals surface area contributed by atoms with Crippen molar-refractivity contribution in [3.05, 3.63) is 59.2 Å². The van der Waals surface area contributed by atoms with Crippen LogP contribution in [0.3, 0.4) is 0 Å². The van der Waals surface area contributed by atoms with E-state index in [-0.39, 0.29) is 11.2 Å². The van der Waals surface area contributed by atoms with Crippen molar-refractivity contribution in [3.8, 4) is 17.0 Å². The van der Waals surface area contributed by atoms with E-state index in [2.05, 4.69) is 20.3 Å². The van der Waals surface area contributed by atoms with Crippen molar-refractivity contribution < 1.29 is 9.53 Å². The third-order valence-corrected chi connectivity index (χ3v) is 6.70. The highest BCUT2D eigenvalue weighted by Crippen LogP contribution is 2.32. The number of rotatable bonds is 7. The summed E-state index contributed by atoms with van der Waals surface area (Å²) in [5, 5.41) is 3.61. The first kappa shape index (κ1) is 20.4. The van der Waals surface area contributed by atoms with Gasteiger partial charge in [-0.15, -0.1) is 23.1 Å².